The molecule has 0 aromatic carbocycles. The summed E-state index contributed by atoms with van der Waals surface area (Å²) in [5.74, 6) is -19.0. The number of carbonyl (C=O) groups is 15. The molecule has 0 aromatic heterocycles. The number of rotatable bonds is 38. The predicted octanol–water partition coefficient (Wildman–Crippen LogP) is -6.77. The quantitative estimate of drug-likeness (QED) is 0.0273. The number of amides is 11. The summed E-state index contributed by atoms with van der Waals surface area (Å²) in [7, 11) is 0. The fraction of sp³-hybridized carbons (Fsp3) is 0.659. The maximum absolute atomic E-state index is 13.9. The van der Waals surface area contributed by atoms with Crippen LogP contribution in [0.2, 0.25) is 0 Å². The van der Waals surface area contributed by atoms with Crippen LogP contribution < -0.4 is 65.1 Å². The Kier molecular flexibility index (Phi) is 30.8. The van der Waals surface area contributed by atoms with E-state index in [9.17, 15) is 82.1 Å². The average molecular weight is 1090 g/mol. The Bertz CT molecular complexity index is 2130. The Labute approximate surface area is 435 Å². The molecule has 0 saturated heterocycles. The molecule has 0 unspecified atom stereocenters. The number of carboxylic acids is 4. The molecule has 0 aliphatic carbocycles. The van der Waals surface area contributed by atoms with Crippen molar-refractivity contribution in [3.63, 3.8) is 0 Å². The Hall–Kier alpha value is -8.03. The molecule has 32 nitrogen and oxygen atoms in total. The molecule has 0 rings (SSSR count). The average Bonchev–Trinajstić information content (AvgIpc) is 3.34. The second-order valence-electron chi connectivity index (χ2n) is 17.7. The molecule has 20 N–H and O–H groups in total. The highest BCUT2D eigenvalue weighted by molar-refractivity contribution is 5.99. The van der Waals surface area contributed by atoms with Gasteiger partial charge in [-0.15, -0.1) is 0 Å². The van der Waals surface area contributed by atoms with E-state index >= 15 is 0 Å². The maximum Gasteiger partial charge on any atom is 0.328 e. The van der Waals surface area contributed by atoms with E-state index in [0.29, 0.717) is 0 Å². The van der Waals surface area contributed by atoms with E-state index in [1.807, 2.05) is 10.6 Å². The largest absolute Gasteiger partial charge is 0.481 e. The van der Waals surface area contributed by atoms with Crippen LogP contribution in [-0.4, -0.2) is 182 Å². The first-order chi connectivity index (χ1) is 35.4. The van der Waals surface area contributed by atoms with Crippen molar-refractivity contribution in [2.75, 3.05) is 13.2 Å². The van der Waals surface area contributed by atoms with Crippen molar-refractivity contribution >= 4 is 88.9 Å². The molecular weight excluding hydrogens is 1020 g/mol. The van der Waals surface area contributed by atoms with Crippen LogP contribution >= 0.6 is 0 Å². The summed E-state index contributed by atoms with van der Waals surface area (Å²) < 4.78 is 0. The van der Waals surface area contributed by atoms with Crippen molar-refractivity contribution in [2.45, 2.75) is 160 Å². The van der Waals surface area contributed by atoms with Gasteiger partial charge in [0.05, 0.1) is 25.6 Å². The van der Waals surface area contributed by atoms with Crippen LogP contribution in [0, 0.1) is 11.8 Å². The van der Waals surface area contributed by atoms with Crippen LogP contribution in [0.4, 0.5) is 0 Å². The zero-order valence-corrected chi connectivity index (χ0v) is 42.6. The molecule has 76 heavy (non-hydrogen) atoms. The number of carbonyl (C=O) groups excluding carboxylic acids is 11. The number of nitrogens with two attached hydrogens (primary N) is 3. The van der Waals surface area contributed by atoms with Crippen LogP contribution in [0.25, 0.3) is 0 Å². The van der Waals surface area contributed by atoms with E-state index in [-0.39, 0.29) is 25.7 Å². The van der Waals surface area contributed by atoms with Gasteiger partial charge in [-0.25, -0.2) is 4.79 Å². The van der Waals surface area contributed by atoms with Crippen LogP contribution in [-0.2, 0) is 71.9 Å². The minimum absolute atomic E-state index is 0.181. The lowest BCUT2D eigenvalue weighted by Gasteiger charge is -2.29. The summed E-state index contributed by atoms with van der Waals surface area (Å²) in [6.07, 6.45) is -4.77. The number of aliphatic hydroxyl groups excluding tert-OH is 1. The number of hydrogen-bond acceptors (Lipinski definition) is 17. The molecule has 0 spiro atoms. The minimum atomic E-state index is -1.84. The second-order valence-corrected chi connectivity index (χ2v) is 17.7. The molecule has 0 aromatic rings. The fourth-order valence-corrected chi connectivity index (χ4v) is 6.56. The lowest BCUT2D eigenvalue weighted by atomic mass is 9.96. The van der Waals surface area contributed by atoms with E-state index in [1.165, 1.54) is 13.8 Å². The summed E-state index contributed by atoms with van der Waals surface area (Å²) in [6, 6.07) is -14.6. The minimum Gasteiger partial charge on any atom is -0.481 e. The molecule has 0 aliphatic heterocycles. The fourth-order valence-electron chi connectivity index (χ4n) is 6.56. The van der Waals surface area contributed by atoms with Gasteiger partial charge < -0.3 is 90.6 Å². The lowest BCUT2D eigenvalue weighted by molar-refractivity contribution is -0.143. The monoisotopic (exact) mass is 1090 g/mol. The molecule has 32 heteroatoms. The molecule has 0 fully saturated rings. The first-order valence-corrected chi connectivity index (χ1v) is 23.9. The molecular formula is C44H72N12O20. The number of hydrogen-bond donors (Lipinski definition) is 17. The standard InChI is InChI=1S/C44H72N12O20/c1-6-19(3)34(42(73)53-25(11-15-33(65)66)40(71)54-26(16-29(47)59)38(69)48-17-30(60)50-27(18-57)44(75)76)55-36(67)21(5)49-39(70)24(10-14-32(63)64)52-43(74)35(20(4)7-2)56-41(72)23(9-12-28(46)58)51-37(68)22(45)8-13-31(61)62/h19-27,34-35,57H,6-18,45H2,1-5H3,(H2,46,58)(H2,47,59)(H,48,69)(H,49,70)(H,50,60)(H,51,68)(H,52,74)(H,53,73)(H,54,71)(H,55,67)(H,56,72)(H,61,62)(H,63,64)(H,65,66)(H,75,76)/t19-,20-,21-,22-,23-,24-,25-,26-,27-,34-,35-/m0/s1. The molecule has 428 valence electrons. The first kappa shape index (κ1) is 68.0. The van der Waals surface area contributed by atoms with Gasteiger partial charge in [0.25, 0.3) is 0 Å². The summed E-state index contributed by atoms with van der Waals surface area (Å²) in [4.78, 5) is 189. The molecule has 0 aliphatic rings. The predicted molar refractivity (Wildman–Crippen MR) is 259 cm³/mol. The lowest BCUT2D eigenvalue weighted by Crippen LogP contribution is -2.61. The van der Waals surface area contributed by atoms with E-state index in [0.717, 1.165) is 6.92 Å². The number of aliphatic carboxylic acids is 4. The molecule has 11 atom stereocenters. The molecule has 0 radical (unpaired) electrons. The van der Waals surface area contributed by atoms with E-state index in [1.54, 1.807) is 13.8 Å². The molecule has 11 amide bonds. The van der Waals surface area contributed by atoms with Crippen molar-refractivity contribution in [3.05, 3.63) is 0 Å². The van der Waals surface area contributed by atoms with Crippen molar-refractivity contribution < 1.29 is 97.5 Å². The van der Waals surface area contributed by atoms with E-state index < -0.39 is 213 Å². The van der Waals surface area contributed by atoms with Crippen LogP contribution in [0.15, 0.2) is 0 Å². The number of aliphatic hydroxyl groups is 1. The van der Waals surface area contributed by atoms with Gasteiger partial charge in [0.15, 0.2) is 0 Å². The van der Waals surface area contributed by atoms with Gasteiger partial charge in [0.2, 0.25) is 65.0 Å². The third-order valence-corrected chi connectivity index (χ3v) is 11.5. The van der Waals surface area contributed by atoms with Gasteiger partial charge in [-0.1, -0.05) is 40.5 Å². The van der Waals surface area contributed by atoms with Gasteiger partial charge >= 0.3 is 23.9 Å². The van der Waals surface area contributed by atoms with E-state index in [2.05, 4.69) is 37.2 Å². The summed E-state index contributed by atoms with van der Waals surface area (Å²) in [5.41, 5.74) is 16.3. The SMILES string of the molecule is CC[C@H](C)[C@H](NC(=O)[C@H](C)NC(=O)[C@H](CCC(=O)O)NC(=O)[C@@H](NC(=O)[C@H](CCC(N)=O)NC(=O)[C@@H](N)CCC(=O)O)[C@@H](C)CC)C(=O)N[C@@H](CCC(=O)O)C(=O)N[C@@H](CC(N)=O)C(=O)NCC(=O)N[C@@H](CO)C(=O)O. The highest BCUT2D eigenvalue weighted by atomic mass is 16.4. The summed E-state index contributed by atoms with van der Waals surface area (Å²) >= 11 is 0. The Morgan fingerprint density at radius 3 is 1.24 bits per heavy atom. The van der Waals surface area contributed by atoms with Crippen LogP contribution in [0.3, 0.4) is 0 Å². The second kappa shape index (κ2) is 34.5. The van der Waals surface area contributed by atoms with Gasteiger partial charge in [-0.05, 0) is 44.4 Å². The highest BCUT2D eigenvalue weighted by Gasteiger charge is 2.36. The normalized spacial score (nSPS) is 15.2. The van der Waals surface area contributed by atoms with Gasteiger partial charge in [-0.2, -0.15) is 0 Å². The molecule has 0 heterocycles. The Balaban J connectivity index is 6.49. The summed E-state index contributed by atoms with van der Waals surface area (Å²) in [6.45, 7) is 5.50. The van der Waals surface area contributed by atoms with Gasteiger partial charge in [-0.3, -0.25) is 67.1 Å². The third-order valence-electron chi connectivity index (χ3n) is 11.5. The topological polar surface area (TPSA) is 544 Å². The number of carboxylic acid groups (broad SMARTS) is 4. The van der Waals surface area contributed by atoms with Gasteiger partial charge in [0, 0.05) is 25.7 Å². The van der Waals surface area contributed by atoms with Crippen molar-refractivity contribution in [3.8, 4) is 0 Å². The van der Waals surface area contributed by atoms with Crippen molar-refractivity contribution in [2.24, 2.45) is 29.0 Å². The van der Waals surface area contributed by atoms with Crippen LogP contribution in [0.5, 0.6) is 0 Å². The molecule has 0 bridgehead atoms. The third kappa shape index (κ3) is 26.3. The molecule has 0 saturated carbocycles. The van der Waals surface area contributed by atoms with Gasteiger partial charge in [0.1, 0.15) is 48.3 Å². The highest BCUT2D eigenvalue weighted by Crippen LogP contribution is 2.13. The van der Waals surface area contributed by atoms with Crippen LogP contribution in [0.1, 0.15) is 105 Å². The first-order valence-electron chi connectivity index (χ1n) is 23.9. The van der Waals surface area contributed by atoms with E-state index in [4.69, 9.17) is 32.5 Å². The Morgan fingerprint density at radius 1 is 0.434 bits per heavy atom. The zero-order valence-electron chi connectivity index (χ0n) is 42.6. The number of primary amides is 2. The van der Waals surface area contributed by atoms with Crippen molar-refractivity contribution in [1.29, 1.82) is 0 Å². The number of nitrogens with one attached hydrogen (secondary N) is 9. The maximum atomic E-state index is 13.9. The smallest absolute Gasteiger partial charge is 0.328 e. The zero-order chi connectivity index (χ0) is 58.6. The van der Waals surface area contributed by atoms with Crippen molar-refractivity contribution in [1.82, 2.24) is 47.9 Å². The Morgan fingerprint density at radius 2 is 0.829 bits per heavy atom. The summed E-state index contributed by atoms with van der Waals surface area (Å²) in [5, 5.41) is 66.2.